The van der Waals surface area contributed by atoms with Crippen molar-refractivity contribution in [2.75, 3.05) is 31.8 Å². The number of methoxy groups -OCH3 is 1. The SMILES string of the molecule is COCCn1nc(C)c(C(C)NCC2(O)CCSC2)c1C. The van der Waals surface area contributed by atoms with E-state index in [1.54, 1.807) is 7.11 Å². The van der Waals surface area contributed by atoms with Crippen molar-refractivity contribution in [3.05, 3.63) is 17.0 Å². The molecule has 2 heterocycles. The number of hydrogen-bond acceptors (Lipinski definition) is 5. The lowest BCUT2D eigenvalue weighted by molar-refractivity contribution is 0.0651. The van der Waals surface area contributed by atoms with Crippen LogP contribution in [0, 0.1) is 13.8 Å². The van der Waals surface area contributed by atoms with Crippen molar-refractivity contribution in [1.82, 2.24) is 15.1 Å². The van der Waals surface area contributed by atoms with Gasteiger partial charge in [0.25, 0.3) is 0 Å². The molecule has 6 heteroatoms. The maximum absolute atomic E-state index is 10.4. The van der Waals surface area contributed by atoms with Crippen LogP contribution in [0.1, 0.15) is 36.3 Å². The molecule has 2 N–H and O–H groups in total. The summed E-state index contributed by atoms with van der Waals surface area (Å²) in [6.45, 7) is 8.37. The highest BCUT2D eigenvalue weighted by Crippen LogP contribution is 2.28. The average molecular weight is 313 g/mol. The van der Waals surface area contributed by atoms with Gasteiger partial charge in [0, 0.05) is 36.7 Å². The standard InChI is InChI=1S/C15H27N3O2S/c1-11(16-9-15(19)5-8-21-10-15)14-12(2)17-18(13(14)3)6-7-20-4/h11,16,19H,5-10H2,1-4H3. The average Bonchev–Trinajstić information content (AvgIpc) is 2.99. The van der Waals surface area contributed by atoms with E-state index in [1.165, 1.54) is 11.3 Å². The molecule has 21 heavy (non-hydrogen) atoms. The summed E-state index contributed by atoms with van der Waals surface area (Å²) in [6, 6.07) is 0.191. The Morgan fingerprint density at radius 1 is 1.52 bits per heavy atom. The molecule has 1 saturated heterocycles. The zero-order valence-electron chi connectivity index (χ0n) is 13.5. The van der Waals surface area contributed by atoms with Crippen LogP contribution in [0.3, 0.4) is 0 Å². The summed E-state index contributed by atoms with van der Waals surface area (Å²) in [4.78, 5) is 0. The fourth-order valence-corrected chi connectivity index (χ4v) is 4.21. The first-order valence-corrected chi connectivity index (χ1v) is 8.68. The molecule has 120 valence electrons. The summed E-state index contributed by atoms with van der Waals surface area (Å²) in [6.07, 6.45) is 0.877. The molecule has 1 fully saturated rings. The molecule has 0 amide bonds. The maximum atomic E-state index is 10.4. The maximum Gasteiger partial charge on any atom is 0.0869 e. The molecular formula is C15H27N3O2S. The molecule has 0 aromatic carbocycles. The van der Waals surface area contributed by atoms with Gasteiger partial charge in [0.1, 0.15) is 0 Å². The normalized spacial score (nSPS) is 23.7. The van der Waals surface area contributed by atoms with Crippen LogP contribution in [0.25, 0.3) is 0 Å². The Balaban J connectivity index is 2.01. The second-order valence-electron chi connectivity index (χ2n) is 5.93. The van der Waals surface area contributed by atoms with Gasteiger partial charge in [-0.05, 0) is 32.9 Å². The fourth-order valence-electron chi connectivity index (χ4n) is 2.91. The van der Waals surface area contributed by atoms with E-state index < -0.39 is 5.60 Å². The Labute approximate surface area is 131 Å². The lowest BCUT2D eigenvalue weighted by Crippen LogP contribution is -2.41. The van der Waals surface area contributed by atoms with Gasteiger partial charge in [-0.1, -0.05) is 0 Å². The second-order valence-corrected chi connectivity index (χ2v) is 7.04. The van der Waals surface area contributed by atoms with Crippen molar-refractivity contribution in [1.29, 1.82) is 0 Å². The van der Waals surface area contributed by atoms with Crippen LogP contribution < -0.4 is 5.32 Å². The van der Waals surface area contributed by atoms with Crippen LogP contribution in [0.4, 0.5) is 0 Å². The van der Waals surface area contributed by atoms with E-state index in [9.17, 15) is 5.11 Å². The smallest absolute Gasteiger partial charge is 0.0869 e. The summed E-state index contributed by atoms with van der Waals surface area (Å²) >= 11 is 1.83. The first-order chi connectivity index (χ1) is 9.97. The first kappa shape index (κ1) is 16.8. The number of ether oxygens (including phenoxy) is 1. The molecular weight excluding hydrogens is 286 g/mol. The van der Waals surface area contributed by atoms with Crippen molar-refractivity contribution < 1.29 is 9.84 Å². The number of nitrogens with zero attached hydrogens (tertiary/aromatic N) is 2. The van der Waals surface area contributed by atoms with Gasteiger partial charge in [0.15, 0.2) is 0 Å². The minimum Gasteiger partial charge on any atom is -0.388 e. The highest BCUT2D eigenvalue weighted by Gasteiger charge is 2.32. The van der Waals surface area contributed by atoms with Gasteiger partial charge in [-0.15, -0.1) is 0 Å². The minimum atomic E-state index is -0.549. The second kappa shape index (κ2) is 7.13. The number of thioether (sulfide) groups is 1. The number of rotatable bonds is 7. The molecule has 0 bridgehead atoms. The van der Waals surface area contributed by atoms with E-state index in [4.69, 9.17) is 4.74 Å². The van der Waals surface area contributed by atoms with E-state index in [-0.39, 0.29) is 6.04 Å². The predicted molar refractivity (Wildman–Crippen MR) is 86.9 cm³/mol. The number of aromatic nitrogens is 2. The third-order valence-corrected chi connectivity index (χ3v) is 5.43. The molecule has 0 spiro atoms. The Bertz CT molecular complexity index is 470. The number of aryl methyl sites for hydroxylation is 1. The molecule has 2 rings (SSSR count). The minimum absolute atomic E-state index is 0.191. The summed E-state index contributed by atoms with van der Waals surface area (Å²) in [5, 5.41) is 18.5. The third-order valence-electron chi connectivity index (χ3n) is 4.20. The van der Waals surface area contributed by atoms with Crippen molar-refractivity contribution in [2.45, 2.75) is 45.4 Å². The molecule has 1 aliphatic rings. The highest BCUT2D eigenvalue weighted by atomic mass is 32.2. The van der Waals surface area contributed by atoms with E-state index in [1.807, 2.05) is 23.4 Å². The summed E-state index contributed by atoms with van der Waals surface area (Å²) in [5.41, 5.74) is 2.92. The molecule has 1 aliphatic heterocycles. The van der Waals surface area contributed by atoms with Crippen molar-refractivity contribution in [3.63, 3.8) is 0 Å². The lowest BCUT2D eigenvalue weighted by Gasteiger charge is -2.25. The Kier molecular flexibility index (Phi) is 5.71. The molecule has 0 saturated carbocycles. The zero-order valence-corrected chi connectivity index (χ0v) is 14.3. The van der Waals surface area contributed by atoms with Gasteiger partial charge >= 0.3 is 0 Å². The molecule has 0 aliphatic carbocycles. The van der Waals surface area contributed by atoms with Crippen LogP contribution in [-0.4, -0.2) is 52.3 Å². The van der Waals surface area contributed by atoms with Crippen LogP contribution in [0.5, 0.6) is 0 Å². The molecule has 1 aromatic heterocycles. The fraction of sp³-hybridized carbons (Fsp3) is 0.800. The monoisotopic (exact) mass is 313 g/mol. The van der Waals surface area contributed by atoms with E-state index >= 15 is 0 Å². The molecule has 5 nitrogen and oxygen atoms in total. The zero-order chi connectivity index (χ0) is 15.5. The number of nitrogens with one attached hydrogen (secondary N) is 1. The summed E-state index contributed by atoms with van der Waals surface area (Å²) < 4.78 is 7.13. The van der Waals surface area contributed by atoms with E-state index in [0.717, 1.165) is 30.2 Å². The van der Waals surface area contributed by atoms with Crippen molar-refractivity contribution in [2.24, 2.45) is 0 Å². The lowest BCUT2D eigenvalue weighted by atomic mass is 10.0. The first-order valence-electron chi connectivity index (χ1n) is 7.53. The largest absolute Gasteiger partial charge is 0.388 e. The molecule has 2 unspecified atom stereocenters. The molecule has 1 aromatic rings. The quantitative estimate of drug-likeness (QED) is 0.802. The molecule has 2 atom stereocenters. The highest BCUT2D eigenvalue weighted by molar-refractivity contribution is 7.99. The Morgan fingerprint density at radius 2 is 2.29 bits per heavy atom. The Hall–Kier alpha value is -0.560. The van der Waals surface area contributed by atoms with E-state index in [0.29, 0.717) is 13.2 Å². The van der Waals surface area contributed by atoms with Crippen LogP contribution >= 0.6 is 11.8 Å². The van der Waals surface area contributed by atoms with Crippen molar-refractivity contribution >= 4 is 11.8 Å². The predicted octanol–water partition coefficient (Wildman–Crippen LogP) is 1.66. The molecule has 0 radical (unpaired) electrons. The van der Waals surface area contributed by atoms with Crippen LogP contribution in [0.2, 0.25) is 0 Å². The van der Waals surface area contributed by atoms with Gasteiger partial charge in [-0.25, -0.2) is 0 Å². The van der Waals surface area contributed by atoms with Gasteiger partial charge in [0.05, 0.1) is 24.4 Å². The van der Waals surface area contributed by atoms with Gasteiger partial charge in [0.2, 0.25) is 0 Å². The Morgan fingerprint density at radius 3 is 2.90 bits per heavy atom. The van der Waals surface area contributed by atoms with Crippen molar-refractivity contribution in [3.8, 4) is 0 Å². The topological polar surface area (TPSA) is 59.3 Å². The van der Waals surface area contributed by atoms with Gasteiger partial charge in [-0.3, -0.25) is 4.68 Å². The van der Waals surface area contributed by atoms with E-state index in [2.05, 4.69) is 24.3 Å². The number of aliphatic hydroxyl groups is 1. The summed E-state index contributed by atoms with van der Waals surface area (Å²) in [5.74, 6) is 1.89. The van der Waals surface area contributed by atoms with Crippen LogP contribution in [0.15, 0.2) is 0 Å². The van der Waals surface area contributed by atoms with Crippen LogP contribution in [-0.2, 0) is 11.3 Å². The summed E-state index contributed by atoms with van der Waals surface area (Å²) in [7, 11) is 1.71. The number of hydrogen-bond donors (Lipinski definition) is 2. The van der Waals surface area contributed by atoms with Gasteiger partial charge < -0.3 is 15.2 Å². The third kappa shape index (κ3) is 4.00. The van der Waals surface area contributed by atoms with Gasteiger partial charge in [-0.2, -0.15) is 16.9 Å².